The maximum Gasteiger partial charge on any atom is 0.437 e. The van der Waals surface area contributed by atoms with Crippen molar-refractivity contribution >= 4 is 9.84 Å². The molecule has 4 nitrogen and oxygen atoms in total. The van der Waals surface area contributed by atoms with E-state index < -0.39 is 50.2 Å². The summed E-state index contributed by atoms with van der Waals surface area (Å²) in [6.07, 6.45) is -12.9. The molecule has 2 atom stereocenters. The van der Waals surface area contributed by atoms with Gasteiger partial charge in [-0.05, 0) is 61.7 Å². The maximum absolute atomic E-state index is 14.5. The molecule has 13 heteroatoms. The van der Waals surface area contributed by atoms with Gasteiger partial charge < -0.3 is 5.32 Å². The molecule has 0 spiro atoms. The van der Waals surface area contributed by atoms with Gasteiger partial charge in [-0.3, -0.25) is 4.98 Å². The highest BCUT2D eigenvalue weighted by Gasteiger charge is 2.74. The molecule has 4 rings (SSSR count). The zero-order valence-corrected chi connectivity index (χ0v) is 17.4. The Labute approximate surface area is 182 Å². The summed E-state index contributed by atoms with van der Waals surface area (Å²) in [5.41, 5.74) is -8.07. The highest BCUT2D eigenvalue weighted by atomic mass is 32.2. The molecule has 1 fully saturated rings. The summed E-state index contributed by atoms with van der Waals surface area (Å²) in [6.45, 7) is 0.199. The third-order valence-corrected chi connectivity index (χ3v) is 8.85. The van der Waals surface area contributed by atoms with E-state index in [1.54, 1.807) is 0 Å². The smallest absolute Gasteiger partial charge is 0.312 e. The molecule has 2 aliphatic rings. The molecule has 1 aliphatic heterocycles. The second kappa shape index (κ2) is 7.36. The highest BCUT2D eigenvalue weighted by molar-refractivity contribution is 7.92. The second-order valence-electron chi connectivity index (χ2n) is 7.99. The van der Waals surface area contributed by atoms with Gasteiger partial charge >= 0.3 is 18.0 Å². The first-order valence-corrected chi connectivity index (χ1v) is 11.2. The molecule has 0 radical (unpaired) electrons. The largest absolute Gasteiger partial charge is 0.437 e. The number of aromatic nitrogens is 1. The van der Waals surface area contributed by atoms with Crippen LogP contribution in [-0.4, -0.2) is 38.3 Å². The molecule has 2 aromatic rings. The molecule has 0 saturated carbocycles. The number of alkyl halides is 7. The molecule has 1 N–H and O–H groups in total. The van der Waals surface area contributed by atoms with Gasteiger partial charge in [-0.1, -0.05) is 6.07 Å². The third kappa shape index (κ3) is 3.26. The molecule has 2 unspecified atom stereocenters. The number of nitrogens with one attached hydrogen (secondary N) is 1. The Morgan fingerprint density at radius 1 is 0.939 bits per heavy atom. The minimum absolute atomic E-state index is 0.0290. The molecule has 1 aliphatic carbocycles. The molecule has 0 bridgehead atoms. The summed E-state index contributed by atoms with van der Waals surface area (Å²) in [5, 5.41) is 3.01. The van der Waals surface area contributed by atoms with Gasteiger partial charge in [-0.25, -0.2) is 17.2 Å². The van der Waals surface area contributed by atoms with Gasteiger partial charge in [-0.2, -0.15) is 26.3 Å². The predicted octanol–water partition coefficient (Wildman–Crippen LogP) is 4.49. The van der Waals surface area contributed by atoms with E-state index >= 15 is 0 Å². The van der Waals surface area contributed by atoms with Crippen molar-refractivity contribution in [3.05, 3.63) is 59.2 Å². The number of aryl methyl sites for hydroxylation is 1. The lowest BCUT2D eigenvalue weighted by atomic mass is 9.80. The van der Waals surface area contributed by atoms with Gasteiger partial charge in [0.1, 0.15) is 10.6 Å². The van der Waals surface area contributed by atoms with Crippen LogP contribution >= 0.6 is 0 Å². The number of rotatable bonds is 3. The number of nitrogens with zero attached hydrogens (tertiary/aromatic N) is 1. The Balaban J connectivity index is 1.92. The fourth-order valence-corrected chi connectivity index (χ4v) is 7.06. The second-order valence-corrected chi connectivity index (χ2v) is 10.2. The van der Waals surface area contributed by atoms with Crippen molar-refractivity contribution in [2.45, 2.75) is 53.0 Å². The minimum Gasteiger partial charge on any atom is -0.312 e. The number of fused-ring (bicyclic) bond motifs is 3. The monoisotopic (exact) mass is 500 g/mol. The summed E-state index contributed by atoms with van der Waals surface area (Å²) >= 11 is 0. The Hall–Kier alpha value is -2.28. The third-order valence-electron chi connectivity index (χ3n) is 6.29. The SMILES string of the molecule is O=S(=O)(c1ccc(F)cc1)C12CCNC1CCc1nc(C(F)(C(F)(F)F)C(F)(F)F)ccc12. The van der Waals surface area contributed by atoms with E-state index in [4.69, 9.17) is 0 Å². The van der Waals surface area contributed by atoms with Crippen molar-refractivity contribution in [1.29, 1.82) is 0 Å². The standard InChI is InChI=1S/C20H16F8N2O2S/c21-11-1-3-12(4-2-11)33(31,32)17-9-10-29-15(17)8-6-14-13(17)5-7-16(30-14)18(22,19(23,24)25)20(26,27)28/h1-5,7,15,29H,6,8-10H2. The lowest BCUT2D eigenvalue weighted by Crippen LogP contribution is -2.52. The molecule has 2 heterocycles. The Morgan fingerprint density at radius 2 is 1.55 bits per heavy atom. The lowest BCUT2D eigenvalue weighted by Gasteiger charge is -2.40. The summed E-state index contributed by atoms with van der Waals surface area (Å²) in [7, 11) is -4.30. The van der Waals surface area contributed by atoms with Crippen LogP contribution in [0.25, 0.3) is 0 Å². The molecule has 1 aromatic carbocycles. The quantitative estimate of drug-likeness (QED) is 0.499. The van der Waals surface area contributed by atoms with Gasteiger partial charge in [0.2, 0.25) is 0 Å². The fraction of sp³-hybridized carbons (Fsp3) is 0.450. The summed E-state index contributed by atoms with van der Waals surface area (Å²) < 4.78 is 132. The van der Waals surface area contributed by atoms with E-state index in [0.29, 0.717) is 0 Å². The summed E-state index contributed by atoms with van der Waals surface area (Å²) in [5.74, 6) is -0.693. The number of sulfone groups is 1. The van der Waals surface area contributed by atoms with Crippen LogP contribution in [0.15, 0.2) is 41.3 Å². The normalized spacial score (nSPS) is 23.8. The van der Waals surface area contributed by atoms with Crippen LogP contribution in [0.5, 0.6) is 0 Å². The fourth-order valence-electron chi connectivity index (χ4n) is 4.72. The van der Waals surface area contributed by atoms with Crippen LogP contribution in [0.4, 0.5) is 35.1 Å². The van der Waals surface area contributed by atoms with Gasteiger partial charge in [0.05, 0.1) is 10.6 Å². The summed E-state index contributed by atoms with van der Waals surface area (Å²) in [4.78, 5) is 3.11. The van der Waals surface area contributed by atoms with Crippen molar-refractivity contribution in [2.24, 2.45) is 0 Å². The van der Waals surface area contributed by atoms with E-state index in [2.05, 4.69) is 10.3 Å². The molecule has 0 amide bonds. The van der Waals surface area contributed by atoms with Gasteiger partial charge in [0.15, 0.2) is 9.84 Å². The molecule has 33 heavy (non-hydrogen) atoms. The zero-order valence-electron chi connectivity index (χ0n) is 16.6. The number of hydrogen-bond acceptors (Lipinski definition) is 4. The Morgan fingerprint density at radius 3 is 2.12 bits per heavy atom. The van der Waals surface area contributed by atoms with Crippen molar-refractivity contribution in [1.82, 2.24) is 10.3 Å². The number of benzene rings is 1. The Kier molecular flexibility index (Phi) is 5.32. The van der Waals surface area contributed by atoms with Crippen molar-refractivity contribution < 1.29 is 43.5 Å². The number of halogens is 8. The van der Waals surface area contributed by atoms with Crippen LogP contribution in [0.3, 0.4) is 0 Å². The molecule has 1 saturated heterocycles. The Bertz CT molecular complexity index is 1160. The first-order valence-electron chi connectivity index (χ1n) is 9.73. The molecular weight excluding hydrogens is 484 g/mol. The van der Waals surface area contributed by atoms with Crippen LogP contribution in [0.2, 0.25) is 0 Å². The van der Waals surface area contributed by atoms with Crippen LogP contribution in [0, 0.1) is 5.82 Å². The molecule has 180 valence electrons. The van der Waals surface area contributed by atoms with Gasteiger partial charge in [0, 0.05) is 11.7 Å². The molecule has 1 aromatic heterocycles. The maximum atomic E-state index is 14.5. The number of hydrogen-bond donors (Lipinski definition) is 1. The topological polar surface area (TPSA) is 59.1 Å². The van der Waals surface area contributed by atoms with E-state index in [1.807, 2.05) is 0 Å². The first kappa shape index (κ1) is 23.9. The molecular formula is C20H16F8N2O2S. The van der Waals surface area contributed by atoms with Crippen molar-refractivity contribution in [3.63, 3.8) is 0 Å². The minimum atomic E-state index is -6.34. The predicted molar refractivity (Wildman–Crippen MR) is 99.1 cm³/mol. The highest BCUT2D eigenvalue weighted by Crippen LogP contribution is 2.54. The van der Waals surface area contributed by atoms with E-state index in [9.17, 15) is 43.5 Å². The van der Waals surface area contributed by atoms with Crippen LogP contribution in [-0.2, 0) is 26.7 Å². The van der Waals surface area contributed by atoms with Crippen molar-refractivity contribution in [2.75, 3.05) is 6.54 Å². The van der Waals surface area contributed by atoms with E-state index in [1.165, 1.54) is 0 Å². The number of pyridine rings is 1. The van der Waals surface area contributed by atoms with Crippen LogP contribution in [0.1, 0.15) is 29.8 Å². The van der Waals surface area contributed by atoms with E-state index in [0.717, 1.165) is 30.3 Å². The van der Waals surface area contributed by atoms with Crippen LogP contribution < -0.4 is 5.32 Å². The van der Waals surface area contributed by atoms with Gasteiger partial charge in [-0.15, -0.1) is 0 Å². The average Bonchev–Trinajstić information content (AvgIpc) is 3.17. The zero-order chi connectivity index (χ0) is 24.4. The van der Waals surface area contributed by atoms with Crippen molar-refractivity contribution in [3.8, 4) is 0 Å². The average molecular weight is 500 g/mol. The lowest BCUT2D eigenvalue weighted by molar-refractivity contribution is -0.350. The van der Waals surface area contributed by atoms with Gasteiger partial charge in [0.25, 0.3) is 0 Å². The summed E-state index contributed by atoms with van der Waals surface area (Å²) in [6, 6.07) is 4.22. The first-order chi connectivity index (χ1) is 15.2. The van der Waals surface area contributed by atoms with E-state index in [-0.39, 0.29) is 48.0 Å².